The van der Waals surface area contributed by atoms with Gasteiger partial charge < -0.3 is 4.74 Å². The summed E-state index contributed by atoms with van der Waals surface area (Å²) >= 11 is 0. The molecule has 136 valence electrons. The van der Waals surface area contributed by atoms with Gasteiger partial charge in [-0.2, -0.15) is 0 Å². The molecule has 3 fully saturated rings. The van der Waals surface area contributed by atoms with E-state index >= 15 is 0 Å². The Morgan fingerprint density at radius 2 is 1.92 bits per heavy atom. The third kappa shape index (κ3) is 2.36. The molecule has 4 nitrogen and oxygen atoms in total. The maximum absolute atomic E-state index is 13.3. The Hall–Kier alpha value is -1.45. The zero-order valence-electron chi connectivity index (χ0n) is 15.5. The molecule has 1 unspecified atom stereocenters. The molecule has 3 saturated carbocycles. The highest BCUT2D eigenvalue weighted by Crippen LogP contribution is 2.64. The first kappa shape index (κ1) is 17.0. The lowest BCUT2D eigenvalue weighted by atomic mass is 9.47. The third-order valence-electron chi connectivity index (χ3n) is 7.87. The molecule has 4 aliphatic carbocycles. The van der Waals surface area contributed by atoms with Crippen molar-refractivity contribution < 1.29 is 19.1 Å². The second kappa shape index (κ2) is 5.52. The van der Waals surface area contributed by atoms with Gasteiger partial charge in [-0.1, -0.05) is 19.4 Å². The summed E-state index contributed by atoms with van der Waals surface area (Å²) in [5.74, 6) is 1.14. The number of hydrogen-bond donors (Lipinski definition) is 0. The van der Waals surface area contributed by atoms with Gasteiger partial charge in [0.25, 0.3) is 0 Å². The Morgan fingerprint density at radius 1 is 1.16 bits per heavy atom. The smallest absolute Gasteiger partial charge is 0.302 e. The lowest BCUT2D eigenvalue weighted by Gasteiger charge is -2.56. The Kier molecular flexibility index (Phi) is 3.75. The maximum atomic E-state index is 13.3. The normalized spacial score (nSPS) is 46.0. The summed E-state index contributed by atoms with van der Waals surface area (Å²) in [7, 11) is 0. The van der Waals surface area contributed by atoms with Crippen molar-refractivity contribution in [2.45, 2.75) is 71.8 Å². The summed E-state index contributed by atoms with van der Waals surface area (Å²) in [6, 6.07) is 0. The van der Waals surface area contributed by atoms with Crippen molar-refractivity contribution >= 4 is 17.5 Å². The third-order valence-corrected chi connectivity index (χ3v) is 7.87. The Balaban J connectivity index is 1.69. The molecule has 0 radical (unpaired) electrons. The Morgan fingerprint density at radius 3 is 2.64 bits per heavy atom. The van der Waals surface area contributed by atoms with Crippen LogP contribution in [0.2, 0.25) is 0 Å². The van der Waals surface area contributed by atoms with E-state index in [2.05, 4.69) is 13.8 Å². The molecule has 0 aliphatic heterocycles. The molecule has 0 aromatic heterocycles. The fraction of sp³-hybridized carbons (Fsp3) is 0.762. The predicted molar refractivity (Wildman–Crippen MR) is 92.7 cm³/mol. The van der Waals surface area contributed by atoms with Crippen LogP contribution in [0.1, 0.15) is 65.7 Å². The van der Waals surface area contributed by atoms with E-state index in [0.29, 0.717) is 30.5 Å². The second-order valence-corrected chi connectivity index (χ2v) is 9.16. The number of allylic oxidation sites excluding steroid dienone is 1. The molecule has 0 bridgehead atoms. The predicted octanol–water partition coefficient (Wildman–Crippen LogP) is 3.63. The van der Waals surface area contributed by atoms with Crippen LogP contribution >= 0.6 is 0 Å². The molecule has 4 rings (SSSR count). The maximum Gasteiger partial charge on any atom is 0.302 e. The van der Waals surface area contributed by atoms with E-state index in [-0.39, 0.29) is 34.6 Å². The van der Waals surface area contributed by atoms with Crippen LogP contribution in [0.4, 0.5) is 0 Å². The van der Waals surface area contributed by atoms with E-state index in [1.165, 1.54) is 12.5 Å². The first-order valence-electron chi connectivity index (χ1n) is 9.69. The van der Waals surface area contributed by atoms with E-state index in [4.69, 9.17) is 4.74 Å². The van der Waals surface area contributed by atoms with Gasteiger partial charge in [-0.05, 0) is 55.4 Å². The van der Waals surface area contributed by atoms with Gasteiger partial charge in [-0.3, -0.25) is 14.4 Å². The highest BCUT2D eigenvalue weighted by Gasteiger charge is 2.62. The fourth-order valence-corrected chi connectivity index (χ4v) is 6.73. The summed E-state index contributed by atoms with van der Waals surface area (Å²) in [6.07, 6.45) is 7.41. The highest BCUT2D eigenvalue weighted by atomic mass is 16.5. The summed E-state index contributed by atoms with van der Waals surface area (Å²) < 4.78 is 5.61. The van der Waals surface area contributed by atoms with Crippen molar-refractivity contribution in [1.82, 2.24) is 0 Å². The van der Waals surface area contributed by atoms with E-state index in [1.54, 1.807) is 0 Å². The van der Waals surface area contributed by atoms with Crippen LogP contribution in [0.5, 0.6) is 0 Å². The fourth-order valence-electron chi connectivity index (χ4n) is 6.73. The van der Waals surface area contributed by atoms with Crippen molar-refractivity contribution in [3.8, 4) is 0 Å². The summed E-state index contributed by atoms with van der Waals surface area (Å²) in [5.41, 5.74) is 0.845. The number of carbonyl (C=O) groups is 3. The number of carbonyl (C=O) groups excluding carboxylic acids is 3. The largest absolute Gasteiger partial charge is 0.462 e. The second-order valence-electron chi connectivity index (χ2n) is 9.16. The summed E-state index contributed by atoms with van der Waals surface area (Å²) in [6.45, 7) is 5.83. The van der Waals surface area contributed by atoms with E-state index in [0.717, 1.165) is 32.1 Å². The van der Waals surface area contributed by atoms with Crippen LogP contribution in [0.3, 0.4) is 0 Å². The van der Waals surface area contributed by atoms with Gasteiger partial charge in [-0.15, -0.1) is 0 Å². The van der Waals surface area contributed by atoms with Crippen LogP contribution in [0.25, 0.3) is 0 Å². The van der Waals surface area contributed by atoms with Gasteiger partial charge in [-0.25, -0.2) is 0 Å². The minimum absolute atomic E-state index is 0.0368. The monoisotopic (exact) mass is 344 g/mol. The van der Waals surface area contributed by atoms with Crippen LogP contribution < -0.4 is 0 Å². The van der Waals surface area contributed by atoms with E-state index < -0.39 is 0 Å². The molecule has 0 saturated heterocycles. The summed E-state index contributed by atoms with van der Waals surface area (Å²) in [5, 5.41) is 0. The van der Waals surface area contributed by atoms with Crippen molar-refractivity contribution in [3.05, 3.63) is 11.6 Å². The van der Waals surface area contributed by atoms with Crippen molar-refractivity contribution in [1.29, 1.82) is 0 Å². The van der Waals surface area contributed by atoms with Crippen molar-refractivity contribution in [2.75, 3.05) is 0 Å². The number of hydrogen-bond acceptors (Lipinski definition) is 4. The molecule has 0 amide bonds. The number of ketones is 2. The molecule has 0 aromatic rings. The molecular formula is C21H28O4. The number of fused-ring (bicyclic) bond motifs is 5. The van der Waals surface area contributed by atoms with Crippen LogP contribution in [0.15, 0.2) is 11.6 Å². The zero-order chi connectivity index (χ0) is 18.0. The Labute approximate surface area is 149 Å². The number of rotatable bonds is 1. The molecule has 4 aliphatic rings. The molecule has 0 spiro atoms. The lowest BCUT2D eigenvalue weighted by molar-refractivity contribution is -0.163. The van der Waals surface area contributed by atoms with Crippen LogP contribution in [0, 0.1) is 28.6 Å². The molecule has 0 heterocycles. The lowest BCUT2D eigenvalue weighted by Crippen LogP contribution is -2.55. The number of Topliss-reactive ketones (excluding diaryl/α,β-unsaturated/α-hetero) is 1. The quantitative estimate of drug-likeness (QED) is 0.682. The molecule has 0 aromatic carbocycles. The molecular weight excluding hydrogens is 316 g/mol. The average Bonchev–Trinajstić information content (AvgIpc) is 2.83. The van der Waals surface area contributed by atoms with Gasteiger partial charge in [0.05, 0.1) is 0 Å². The molecule has 25 heavy (non-hydrogen) atoms. The summed E-state index contributed by atoms with van der Waals surface area (Å²) in [4.78, 5) is 36.7. The molecule has 0 N–H and O–H groups in total. The van der Waals surface area contributed by atoms with Gasteiger partial charge in [0.1, 0.15) is 11.9 Å². The van der Waals surface area contributed by atoms with Crippen LogP contribution in [-0.4, -0.2) is 23.6 Å². The van der Waals surface area contributed by atoms with Gasteiger partial charge in [0, 0.05) is 31.1 Å². The van der Waals surface area contributed by atoms with Gasteiger partial charge in [0.15, 0.2) is 5.78 Å². The minimum atomic E-state index is -0.243. The topological polar surface area (TPSA) is 60.4 Å². The average molecular weight is 344 g/mol. The SMILES string of the molecule is CC(=O)OC1CC[C@H]2[C@@H]3CCC4=CC(=O)CC[C@]4(C)[C@H]3C(=O)C[C@]12C. The van der Waals surface area contributed by atoms with E-state index in [1.807, 2.05) is 6.08 Å². The van der Waals surface area contributed by atoms with Gasteiger partial charge >= 0.3 is 5.97 Å². The van der Waals surface area contributed by atoms with Crippen molar-refractivity contribution in [3.63, 3.8) is 0 Å². The molecule has 4 heteroatoms. The standard InChI is InChI=1S/C21H28O4/c1-12(22)25-18-7-6-16-15-5-4-13-10-14(23)8-9-20(13,2)19(15)17(24)11-21(16,18)3/h10,15-16,18-19H,4-9,11H2,1-3H3/t15-,16-,18?,19+,20-,21-/m0/s1. The van der Waals surface area contributed by atoms with E-state index in [9.17, 15) is 14.4 Å². The first-order chi connectivity index (χ1) is 11.8. The number of esters is 1. The van der Waals surface area contributed by atoms with Crippen LogP contribution in [-0.2, 0) is 19.1 Å². The molecule has 6 atom stereocenters. The number of ether oxygens (including phenoxy) is 1. The Bertz CT molecular complexity index is 677. The van der Waals surface area contributed by atoms with Gasteiger partial charge in [0.2, 0.25) is 0 Å². The zero-order valence-corrected chi connectivity index (χ0v) is 15.5. The first-order valence-corrected chi connectivity index (χ1v) is 9.69. The minimum Gasteiger partial charge on any atom is -0.462 e. The highest BCUT2D eigenvalue weighted by molar-refractivity contribution is 5.93. The van der Waals surface area contributed by atoms with Crippen molar-refractivity contribution in [2.24, 2.45) is 28.6 Å².